The molecule has 0 radical (unpaired) electrons. The molecule has 2 aliphatic rings. The Kier molecular flexibility index (Phi) is 3.78. The molecular formula is C15H24N4O. The summed E-state index contributed by atoms with van der Waals surface area (Å²) in [5, 5.41) is 7.39. The third-order valence-corrected chi connectivity index (χ3v) is 4.73. The Morgan fingerprint density at radius 3 is 2.80 bits per heavy atom. The molecule has 5 heteroatoms. The number of hydrogen-bond acceptors (Lipinski definition) is 3. The number of likely N-dealkylation sites (tertiary alicyclic amines) is 1. The van der Waals surface area contributed by atoms with Gasteiger partial charge in [0.15, 0.2) is 5.69 Å². The molecule has 0 spiro atoms. The summed E-state index contributed by atoms with van der Waals surface area (Å²) in [6.07, 6.45) is 3.19. The normalized spacial score (nSPS) is 21.0. The summed E-state index contributed by atoms with van der Waals surface area (Å²) in [4.78, 5) is 17.0. The van der Waals surface area contributed by atoms with E-state index < -0.39 is 0 Å². The molecule has 5 nitrogen and oxygen atoms in total. The SMILES string of the molecule is CCN1CCc2[nH]nc(C(=O)N3CCC(C)CC3)c2C1. The molecule has 3 heterocycles. The fourth-order valence-corrected chi connectivity index (χ4v) is 3.16. The lowest BCUT2D eigenvalue weighted by atomic mass is 9.98. The molecule has 1 amide bonds. The lowest BCUT2D eigenvalue weighted by molar-refractivity contribution is 0.0688. The zero-order valence-electron chi connectivity index (χ0n) is 12.5. The van der Waals surface area contributed by atoms with E-state index in [0.29, 0.717) is 5.69 Å². The van der Waals surface area contributed by atoms with Gasteiger partial charge >= 0.3 is 0 Å². The molecule has 1 saturated heterocycles. The Balaban J connectivity index is 1.77. The van der Waals surface area contributed by atoms with Crippen LogP contribution in [0, 0.1) is 5.92 Å². The van der Waals surface area contributed by atoms with Gasteiger partial charge in [-0.05, 0) is 25.3 Å². The zero-order valence-corrected chi connectivity index (χ0v) is 12.5. The van der Waals surface area contributed by atoms with Crippen LogP contribution in [0.2, 0.25) is 0 Å². The summed E-state index contributed by atoms with van der Waals surface area (Å²) < 4.78 is 0. The number of nitrogens with one attached hydrogen (secondary N) is 1. The third-order valence-electron chi connectivity index (χ3n) is 4.73. The number of amides is 1. The van der Waals surface area contributed by atoms with Gasteiger partial charge in [-0.15, -0.1) is 0 Å². The second-order valence-electron chi connectivity index (χ2n) is 6.12. The second-order valence-corrected chi connectivity index (χ2v) is 6.12. The van der Waals surface area contributed by atoms with Crippen LogP contribution < -0.4 is 0 Å². The monoisotopic (exact) mass is 276 g/mol. The number of aromatic amines is 1. The summed E-state index contributed by atoms with van der Waals surface area (Å²) in [6.45, 7) is 9.11. The number of likely N-dealkylation sites (N-methyl/N-ethyl adjacent to an activating group) is 1. The van der Waals surface area contributed by atoms with Crippen molar-refractivity contribution in [1.29, 1.82) is 0 Å². The van der Waals surface area contributed by atoms with E-state index in [0.717, 1.165) is 69.2 Å². The van der Waals surface area contributed by atoms with Crippen molar-refractivity contribution in [1.82, 2.24) is 20.0 Å². The molecule has 0 bridgehead atoms. The van der Waals surface area contributed by atoms with Crippen molar-refractivity contribution < 1.29 is 4.79 Å². The predicted octanol–water partition coefficient (Wildman–Crippen LogP) is 1.66. The maximum absolute atomic E-state index is 12.7. The molecule has 0 aliphatic carbocycles. The number of hydrogen-bond donors (Lipinski definition) is 1. The fraction of sp³-hybridized carbons (Fsp3) is 0.733. The van der Waals surface area contributed by atoms with Crippen LogP contribution in [0.4, 0.5) is 0 Å². The van der Waals surface area contributed by atoms with Gasteiger partial charge in [0.25, 0.3) is 5.91 Å². The predicted molar refractivity (Wildman–Crippen MR) is 77.5 cm³/mol. The van der Waals surface area contributed by atoms with Crippen molar-refractivity contribution in [2.75, 3.05) is 26.2 Å². The van der Waals surface area contributed by atoms with Gasteiger partial charge in [-0.3, -0.25) is 14.8 Å². The highest BCUT2D eigenvalue weighted by Gasteiger charge is 2.29. The number of H-pyrrole nitrogens is 1. The van der Waals surface area contributed by atoms with Gasteiger partial charge in [0.05, 0.1) is 0 Å². The first kappa shape index (κ1) is 13.6. The smallest absolute Gasteiger partial charge is 0.274 e. The summed E-state index contributed by atoms with van der Waals surface area (Å²) in [7, 11) is 0. The van der Waals surface area contributed by atoms with Gasteiger partial charge in [-0.1, -0.05) is 13.8 Å². The van der Waals surface area contributed by atoms with Crippen molar-refractivity contribution in [3.8, 4) is 0 Å². The number of carbonyl (C=O) groups excluding carboxylic acids is 1. The Labute approximate surface area is 120 Å². The van der Waals surface area contributed by atoms with E-state index in [9.17, 15) is 4.79 Å². The second kappa shape index (κ2) is 5.56. The van der Waals surface area contributed by atoms with Crippen LogP contribution in [0.25, 0.3) is 0 Å². The van der Waals surface area contributed by atoms with E-state index in [1.54, 1.807) is 0 Å². The quantitative estimate of drug-likeness (QED) is 0.894. The lowest BCUT2D eigenvalue weighted by Gasteiger charge is -2.30. The Bertz CT molecular complexity index is 488. The van der Waals surface area contributed by atoms with Crippen molar-refractivity contribution in [2.45, 2.75) is 39.7 Å². The highest BCUT2D eigenvalue weighted by Crippen LogP contribution is 2.23. The number of aromatic nitrogens is 2. The highest BCUT2D eigenvalue weighted by molar-refractivity contribution is 5.94. The van der Waals surface area contributed by atoms with E-state index in [1.165, 1.54) is 0 Å². The van der Waals surface area contributed by atoms with Gasteiger partial charge in [0, 0.05) is 43.9 Å². The molecule has 1 N–H and O–H groups in total. The van der Waals surface area contributed by atoms with Crippen LogP contribution in [0.3, 0.4) is 0 Å². The minimum atomic E-state index is 0.118. The lowest BCUT2D eigenvalue weighted by Crippen LogP contribution is -2.39. The van der Waals surface area contributed by atoms with E-state index in [-0.39, 0.29) is 5.91 Å². The minimum absolute atomic E-state index is 0.118. The molecule has 3 rings (SSSR count). The maximum Gasteiger partial charge on any atom is 0.274 e. The molecule has 110 valence electrons. The van der Waals surface area contributed by atoms with Crippen molar-refractivity contribution >= 4 is 5.91 Å². The van der Waals surface area contributed by atoms with Gasteiger partial charge in [0.1, 0.15) is 0 Å². The average molecular weight is 276 g/mol. The van der Waals surface area contributed by atoms with E-state index in [2.05, 4.69) is 28.9 Å². The number of piperidine rings is 1. The molecule has 0 saturated carbocycles. The van der Waals surface area contributed by atoms with Crippen molar-refractivity contribution in [2.24, 2.45) is 5.92 Å². The highest BCUT2D eigenvalue weighted by atomic mass is 16.2. The molecule has 0 unspecified atom stereocenters. The van der Waals surface area contributed by atoms with Crippen LogP contribution >= 0.6 is 0 Å². The first-order valence-corrected chi connectivity index (χ1v) is 7.76. The molecule has 0 aromatic carbocycles. The van der Waals surface area contributed by atoms with Gasteiger partial charge in [-0.25, -0.2) is 0 Å². The fourth-order valence-electron chi connectivity index (χ4n) is 3.16. The zero-order chi connectivity index (χ0) is 14.1. The summed E-state index contributed by atoms with van der Waals surface area (Å²) in [5.41, 5.74) is 2.94. The molecule has 20 heavy (non-hydrogen) atoms. The Hall–Kier alpha value is -1.36. The average Bonchev–Trinajstić information content (AvgIpc) is 2.90. The first-order valence-electron chi connectivity index (χ1n) is 7.76. The van der Waals surface area contributed by atoms with Crippen LogP contribution in [0.15, 0.2) is 0 Å². The molecule has 1 fully saturated rings. The first-order chi connectivity index (χ1) is 9.69. The Morgan fingerprint density at radius 2 is 2.10 bits per heavy atom. The topological polar surface area (TPSA) is 52.2 Å². The third kappa shape index (κ3) is 2.46. The van der Waals surface area contributed by atoms with Crippen LogP contribution in [0.1, 0.15) is 48.4 Å². The molecule has 1 aromatic rings. The van der Waals surface area contributed by atoms with Gasteiger partial charge in [-0.2, -0.15) is 5.10 Å². The summed E-state index contributed by atoms with van der Waals surface area (Å²) in [6, 6.07) is 0. The number of rotatable bonds is 2. The van der Waals surface area contributed by atoms with Gasteiger partial charge in [0.2, 0.25) is 0 Å². The number of nitrogens with zero attached hydrogens (tertiary/aromatic N) is 3. The van der Waals surface area contributed by atoms with E-state index >= 15 is 0 Å². The standard InChI is InChI=1S/C15H24N4O/c1-3-18-7-6-13-12(10-18)14(17-16-13)15(20)19-8-4-11(2)5-9-19/h11H,3-10H2,1-2H3,(H,16,17). The van der Waals surface area contributed by atoms with Crippen LogP contribution in [-0.4, -0.2) is 52.1 Å². The van der Waals surface area contributed by atoms with Crippen molar-refractivity contribution in [3.63, 3.8) is 0 Å². The van der Waals surface area contributed by atoms with Crippen LogP contribution in [-0.2, 0) is 13.0 Å². The largest absolute Gasteiger partial charge is 0.337 e. The summed E-state index contributed by atoms with van der Waals surface area (Å²) in [5.74, 6) is 0.857. The van der Waals surface area contributed by atoms with Crippen LogP contribution in [0.5, 0.6) is 0 Å². The molecular weight excluding hydrogens is 252 g/mol. The minimum Gasteiger partial charge on any atom is -0.337 e. The molecule has 1 aromatic heterocycles. The van der Waals surface area contributed by atoms with Crippen molar-refractivity contribution in [3.05, 3.63) is 17.0 Å². The molecule has 0 atom stereocenters. The molecule has 2 aliphatic heterocycles. The maximum atomic E-state index is 12.7. The van der Waals surface area contributed by atoms with E-state index in [4.69, 9.17) is 0 Å². The Morgan fingerprint density at radius 1 is 1.35 bits per heavy atom. The van der Waals surface area contributed by atoms with Gasteiger partial charge < -0.3 is 4.90 Å². The van der Waals surface area contributed by atoms with E-state index in [1.807, 2.05) is 4.90 Å². The number of carbonyl (C=O) groups is 1. The number of fused-ring (bicyclic) bond motifs is 1. The summed E-state index contributed by atoms with van der Waals surface area (Å²) >= 11 is 0.